The fraction of sp³-hybridized carbons (Fsp3) is 0.909. The van der Waals surface area contributed by atoms with E-state index in [-0.39, 0.29) is 12.2 Å². The number of hydrogen-bond donors (Lipinski definition) is 1. The molecule has 0 unspecified atom stereocenters. The number of amides is 1. The van der Waals surface area contributed by atoms with Gasteiger partial charge >= 0.3 is 6.09 Å². The van der Waals surface area contributed by atoms with Crippen LogP contribution in [0.2, 0.25) is 0 Å². The van der Waals surface area contributed by atoms with Crippen LogP contribution in [0.1, 0.15) is 25.7 Å². The van der Waals surface area contributed by atoms with Crippen molar-refractivity contribution in [2.45, 2.75) is 37.8 Å². The summed E-state index contributed by atoms with van der Waals surface area (Å²) in [6.07, 6.45) is 4.05. The summed E-state index contributed by atoms with van der Waals surface area (Å²) in [4.78, 5) is 13.6. The fourth-order valence-corrected chi connectivity index (χ4v) is 2.88. The molecule has 0 aromatic rings. The van der Waals surface area contributed by atoms with Gasteiger partial charge < -0.3 is 14.4 Å². The van der Waals surface area contributed by atoms with Crippen LogP contribution in [-0.4, -0.2) is 49.4 Å². The Morgan fingerprint density at radius 2 is 1.88 bits per heavy atom. The molecule has 5 nitrogen and oxygen atoms in total. The molecule has 98 valence electrons. The molecule has 2 rings (SSSR count). The van der Waals surface area contributed by atoms with E-state index >= 15 is 0 Å². The molecular formula is C11H19IN2O3. The van der Waals surface area contributed by atoms with E-state index in [1.54, 1.807) is 4.90 Å². The van der Waals surface area contributed by atoms with Gasteiger partial charge in [-0.05, 0) is 25.7 Å². The van der Waals surface area contributed by atoms with Crippen molar-refractivity contribution >= 4 is 29.0 Å². The summed E-state index contributed by atoms with van der Waals surface area (Å²) in [5, 5.41) is 0. The summed E-state index contributed by atoms with van der Waals surface area (Å²) in [6.45, 7) is 2.56. The highest BCUT2D eigenvalue weighted by Gasteiger charge is 2.26. The highest BCUT2D eigenvalue weighted by atomic mass is 127. The smallest absolute Gasteiger partial charge is 0.410 e. The van der Waals surface area contributed by atoms with Crippen LogP contribution in [0.15, 0.2) is 0 Å². The lowest BCUT2D eigenvalue weighted by Crippen LogP contribution is -2.43. The number of ether oxygens (including phenoxy) is 2. The molecule has 0 atom stereocenters. The lowest BCUT2D eigenvalue weighted by atomic mass is 9.94. The maximum absolute atomic E-state index is 11.8. The molecule has 17 heavy (non-hydrogen) atoms. The van der Waals surface area contributed by atoms with Crippen molar-refractivity contribution in [2.24, 2.45) is 0 Å². The number of carbonyl (C=O) groups is 1. The Balaban J connectivity index is 1.71. The Bertz CT molecular complexity index is 251. The lowest BCUT2D eigenvalue weighted by molar-refractivity contribution is 0.00442. The van der Waals surface area contributed by atoms with E-state index in [2.05, 4.69) is 26.4 Å². The number of nitrogens with one attached hydrogen (secondary N) is 1. The zero-order valence-electron chi connectivity index (χ0n) is 9.86. The van der Waals surface area contributed by atoms with Crippen LogP contribution in [0.25, 0.3) is 0 Å². The average molecular weight is 354 g/mol. The highest BCUT2D eigenvalue weighted by molar-refractivity contribution is 14.1. The number of hydrogen-bond acceptors (Lipinski definition) is 4. The van der Waals surface area contributed by atoms with Gasteiger partial charge in [-0.2, -0.15) is 0 Å². The third-order valence-corrected chi connectivity index (χ3v) is 4.25. The molecule has 0 radical (unpaired) electrons. The van der Waals surface area contributed by atoms with Gasteiger partial charge in [0.15, 0.2) is 0 Å². The van der Waals surface area contributed by atoms with Gasteiger partial charge in [0.2, 0.25) is 0 Å². The van der Waals surface area contributed by atoms with Gasteiger partial charge in [-0.1, -0.05) is 0 Å². The first-order chi connectivity index (χ1) is 8.29. The molecule has 2 aliphatic rings. The number of carbonyl (C=O) groups excluding carboxylic acids is 1. The van der Waals surface area contributed by atoms with Crippen LogP contribution in [0, 0.1) is 0 Å². The average Bonchev–Trinajstić information content (AvgIpc) is 2.40. The van der Waals surface area contributed by atoms with Gasteiger partial charge in [-0.15, -0.1) is 0 Å². The first-order valence-electron chi connectivity index (χ1n) is 6.19. The van der Waals surface area contributed by atoms with Crippen LogP contribution in [0.4, 0.5) is 4.79 Å². The van der Waals surface area contributed by atoms with Crippen molar-refractivity contribution < 1.29 is 14.3 Å². The number of rotatable bonds is 2. The largest absolute Gasteiger partial charge is 0.446 e. The molecule has 6 heteroatoms. The Labute approximate surface area is 116 Å². The fourth-order valence-electron chi connectivity index (χ4n) is 2.25. The van der Waals surface area contributed by atoms with Gasteiger partial charge in [-0.3, -0.25) is 3.53 Å². The van der Waals surface area contributed by atoms with Crippen molar-refractivity contribution in [3.05, 3.63) is 0 Å². The normalized spacial score (nSPS) is 30.1. The summed E-state index contributed by atoms with van der Waals surface area (Å²) in [5.41, 5.74) is 0. The minimum Gasteiger partial charge on any atom is -0.446 e. The monoisotopic (exact) mass is 354 g/mol. The maximum Gasteiger partial charge on any atom is 0.410 e. The van der Waals surface area contributed by atoms with E-state index < -0.39 is 0 Å². The van der Waals surface area contributed by atoms with E-state index in [1.807, 2.05) is 0 Å². The van der Waals surface area contributed by atoms with E-state index in [9.17, 15) is 4.79 Å². The minimum absolute atomic E-state index is 0.103. The standard InChI is InChI=1S/C11H19IN2O3/c12-13-9-1-3-10(4-2-9)17-11(15)14-5-7-16-8-6-14/h9-10,13H,1-8H2. The van der Waals surface area contributed by atoms with Crippen LogP contribution in [0.5, 0.6) is 0 Å². The number of morpholine rings is 1. The predicted molar refractivity (Wildman–Crippen MR) is 72.1 cm³/mol. The Morgan fingerprint density at radius 3 is 2.47 bits per heavy atom. The Morgan fingerprint density at radius 1 is 1.24 bits per heavy atom. The van der Waals surface area contributed by atoms with Crippen molar-refractivity contribution in [1.29, 1.82) is 0 Å². The molecular weight excluding hydrogens is 335 g/mol. The van der Waals surface area contributed by atoms with Crippen molar-refractivity contribution in [1.82, 2.24) is 8.43 Å². The molecule has 1 aliphatic carbocycles. The summed E-state index contributed by atoms with van der Waals surface area (Å²) in [6, 6.07) is 0.578. The molecule has 0 aromatic carbocycles. The molecule has 1 heterocycles. The lowest BCUT2D eigenvalue weighted by Gasteiger charge is -2.31. The summed E-state index contributed by atoms with van der Waals surface area (Å²) in [7, 11) is 0. The minimum atomic E-state index is -0.167. The van der Waals surface area contributed by atoms with Gasteiger partial charge in [0, 0.05) is 42.0 Å². The summed E-state index contributed by atoms with van der Waals surface area (Å²) in [5.74, 6) is 0. The van der Waals surface area contributed by atoms with Gasteiger partial charge in [-0.25, -0.2) is 4.79 Å². The first kappa shape index (κ1) is 13.4. The molecule has 1 saturated carbocycles. The zero-order chi connectivity index (χ0) is 12.1. The van der Waals surface area contributed by atoms with E-state index in [4.69, 9.17) is 9.47 Å². The van der Waals surface area contributed by atoms with Crippen molar-refractivity contribution in [3.63, 3.8) is 0 Å². The second-order valence-corrected chi connectivity index (χ2v) is 5.19. The number of halogens is 1. The van der Waals surface area contributed by atoms with E-state index in [0.29, 0.717) is 32.3 Å². The van der Waals surface area contributed by atoms with Crippen molar-refractivity contribution in [2.75, 3.05) is 26.3 Å². The second kappa shape index (κ2) is 6.75. The zero-order valence-corrected chi connectivity index (χ0v) is 12.0. The molecule has 2 fully saturated rings. The van der Waals surface area contributed by atoms with Crippen LogP contribution < -0.4 is 3.53 Å². The quantitative estimate of drug-likeness (QED) is 0.606. The van der Waals surface area contributed by atoms with E-state index in [1.165, 1.54) is 0 Å². The topological polar surface area (TPSA) is 50.8 Å². The SMILES string of the molecule is O=C(OC1CCC(NI)CC1)N1CCOCC1. The summed E-state index contributed by atoms with van der Waals surface area (Å²) < 4.78 is 14.0. The molecule has 0 bridgehead atoms. The molecule has 1 aliphatic heterocycles. The molecule has 0 aromatic heterocycles. The summed E-state index contributed by atoms with van der Waals surface area (Å²) >= 11 is 2.19. The number of nitrogens with zero attached hydrogens (tertiary/aromatic N) is 1. The predicted octanol–water partition coefficient (Wildman–Crippen LogP) is 1.71. The Hall–Kier alpha value is -0.0800. The molecule has 1 N–H and O–H groups in total. The maximum atomic E-state index is 11.8. The van der Waals surface area contributed by atoms with Gasteiger partial charge in [0.1, 0.15) is 6.10 Å². The molecule has 1 amide bonds. The third kappa shape index (κ3) is 3.96. The molecule has 1 saturated heterocycles. The van der Waals surface area contributed by atoms with Crippen molar-refractivity contribution in [3.8, 4) is 0 Å². The second-order valence-electron chi connectivity index (χ2n) is 4.57. The van der Waals surface area contributed by atoms with Gasteiger partial charge in [0.05, 0.1) is 13.2 Å². The van der Waals surface area contributed by atoms with Crippen LogP contribution in [0.3, 0.4) is 0 Å². The van der Waals surface area contributed by atoms with Crippen LogP contribution >= 0.6 is 22.9 Å². The van der Waals surface area contributed by atoms with E-state index in [0.717, 1.165) is 25.7 Å². The van der Waals surface area contributed by atoms with Crippen LogP contribution in [-0.2, 0) is 9.47 Å². The first-order valence-corrected chi connectivity index (χ1v) is 7.27. The highest BCUT2D eigenvalue weighted by Crippen LogP contribution is 2.22. The van der Waals surface area contributed by atoms with Gasteiger partial charge in [0.25, 0.3) is 0 Å². The Kier molecular flexibility index (Phi) is 5.30. The molecule has 0 spiro atoms. The third-order valence-electron chi connectivity index (χ3n) is 3.37.